The fourth-order valence-electron chi connectivity index (χ4n) is 5.34. The van der Waals surface area contributed by atoms with Crippen LogP contribution in [0.15, 0.2) is 48.4 Å². The summed E-state index contributed by atoms with van der Waals surface area (Å²) in [6, 6.07) is 7.14. The number of rotatable bonds is 7. The summed E-state index contributed by atoms with van der Waals surface area (Å²) in [5, 5.41) is 11.9. The average molecular weight is 581 g/mol. The van der Waals surface area contributed by atoms with Crippen molar-refractivity contribution in [1.29, 1.82) is 0 Å². The van der Waals surface area contributed by atoms with Crippen molar-refractivity contribution in [3.05, 3.63) is 64.8 Å². The zero-order chi connectivity index (χ0) is 30.1. The molecule has 0 bridgehead atoms. The summed E-state index contributed by atoms with van der Waals surface area (Å²) in [7, 11) is 5.52. The predicted molar refractivity (Wildman–Crippen MR) is 164 cm³/mol. The average Bonchev–Trinajstić information content (AvgIpc) is 2.91. The molecule has 1 N–H and O–H groups in total. The van der Waals surface area contributed by atoms with E-state index in [4.69, 9.17) is 16.6 Å². The second-order valence-electron chi connectivity index (χ2n) is 12.0. The quantitative estimate of drug-likeness (QED) is 0.490. The van der Waals surface area contributed by atoms with E-state index in [9.17, 15) is 14.7 Å². The number of amides is 2. The first kappa shape index (κ1) is 30.4. The molecule has 2 aliphatic heterocycles. The highest BCUT2D eigenvalue weighted by molar-refractivity contribution is 6.34. The van der Waals surface area contributed by atoms with Crippen LogP contribution in [0.1, 0.15) is 38.1 Å². The fraction of sp³-hybridized carbons (Fsp3) is 0.452. The largest absolute Gasteiger partial charge is 0.505 e. The lowest BCUT2D eigenvalue weighted by atomic mass is 9.93. The van der Waals surface area contributed by atoms with Crippen molar-refractivity contribution in [2.24, 2.45) is 0 Å². The molecule has 0 radical (unpaired) electrons. The van der Waals surface area contributed by atoms with Gasteiger partial charge in [0.05, 0.1) is 22.1 Å². The normalized spacial score (nSPS) is 18.6. The molecule has 0 aliphatic carbocycles. The number of carbonyl (C=O) groups excluding carboxylic acids is 2. The number of carbonyl (C=O) groups is 2. The van der Waals surface area contributed by atoms with Crippen molar-refractivity contribution >= 4 is 29.6 Å². The van der Waals surface area contributed by atoms with E-state index in [1.165, 1.54) is 4.90 Å². The van der Waals surface area contributed by atoms with Gasteiger partial charge in [0.2, 0.25) is 6.41 Å². The first-order valence-electron chi connectivity index (χ1n) is 13.9. The highest BCUT2D eigenvalue weighted by Crippen LogP contribution is 2.40. The van der Waals surface area contributed by atoms with Gasteiger partial charge in [-0.2, -0.15) is 0 Å². The minimum atomic E-state index is -0.275. The van der Waals surface area contributed by atoms with Crippen LogP contribution in [-0.2, 0) is 9.59 Å². The van der Waals surface area contributed by atoms with E-state index >= 15 is 0 Å². The summed E-state index contributed by atoms with van der Waals surface area (Å²) in [4.78, 5) is 39.2. The number of piperazine rings is 1. The van der Waals surface area contributed by atoms with Crippen LogP contribution < -0.4 is 4.90 Å². The van der Waals surface area contributed by atoms with Gasteiger partial charge < -0.3 is 19.8 Å². The Balaban J connectivity index is 1.67. The van der Waals surface area contributed by atoms with Gasteiger partial charge in [0.1, 0.15) is 5.75 Å². The van der Waals surface area contributed by atoms with Crippen molar-refractivity contribution in [3.63, 3.8) is 0 Å². The Bertz CT molecular complexity index is 1360. The minimum Gasteiger partial charge on any atom is -0.505 e. The molecule has 41 heavy (non-hydrogen) atoms. The number of halogens is 1. The number of aromatic hydroxyl groups is 1. The van der Waals surface area contributed by atoms with Crippen LogP contribution in [0.3, 0.4) is 0 Å². The molecule has 10 heteroatoms. The fourth-order valence-corrected chi connectivity index (χ4v) is 5.62. The smallest absolute Gasteiger partial charge is 0.269 e. The van der Waals surface area contributed by atoms with Crippen molar-refractivity contribution in [2.45, 2.75) is 39.2 Å². The molecule has 0 spiro atoms. The molecule has 4 rings (SSSR count). The Hall–Kier alpha value is -3.56. The lowest BCUT2D eigenvalue weighted by Crippen LogP contribution is -2.54. The summed E-state index contributed by atoms with van der Waals surface area (Å²) >= 11 is 6.62. The summed E-state index contributed by atoms with van der Waals surface area (Å²) in [5.74, 6) is -0.230. The maximum atomic E-state index is 13.2. The van der Waals surface area contributed by atoms with Crippen LogP contribution in [0.25, 0.3) is 11.1 Å². The third kappa shape index (κ3) is 6.68. The highest BCUT2D eigenvalue weighted by atomic mass is 35.5. The molecule has 1 fully saturated rings. The van der Waals surface area contributed by atoms with Crippen LogP contribution in [0.5, 0.6) is 5.75 Å². The molecule has 2 amide bonds. The topological polar surface area (TPSA) is 83.5 Å². The molecule has 9 nitrogen and oxygen atoms in total. The van der Waals surface area contributed by atoms with Gasteiger partial charge in [-0.25, -0.2) is 0 Å². The zero-order valence-corrected chi connectivity index (χ0v) is 25.8. The van der Waals surface area contributed by atoms with Crippen LogP contribution in [0.2, 0.25) is 5.02 Å². The van der Waals surface area contributed by atoms with E-state index in [1.54, 1.807) is 36.5 Å². The molecule has 3 heterocycles. The first-order valence-corrected chi connectivity index (χ1v) is 14.2. The van der Waals surface area contributed by atoms with Gasteiger partial charge in [-0.1, -0.05) is 17.7 Å². The summed E-state index contributed by atoms with van der Waals surface area (Å²) in [6.45, 7) is 12.2. The van der Waals surface area contributed by atoms with Gasteiger partial charge in [-0.05, 0) is 57.5 Å². The van der Waals surface area contributed by atoms with E-state index in [1.807, 2.05) is 44.1 Å². The molecule has 1 atom stereocenters. The maximum Gasteiger partial charge on any atom is 0.269 e. The van der Waals surface area contributed by atoms with Crippen molar-refractivity contribution in [2.75, 3.05) is 58.8 Å². The molecule has 1 aromatic heterocycles. The van der Waals surface area contributed by atoms with E-state index in [0.29, 0.717) is 46.2 Å². The van der Waals surface area contributed by atoms with Crippen LogP contribution in [0.4, 0.5) is 5.69 Å². The van der Waals surface area contributed by atoms with Crippen molar-refractivity contribution in [3.8, 4) is 16.9 Å². The molecule has 1 unspecified atom stereocenters. The first-order chi connectivity index (χ1) is 19.3. The third-order valence-corrected chi connectivity index (χ3v) is 7.94. The monoisotopic (exact) mass is 580 g/mol. The van der Waals surface area contributed by atoms with Crippen molar-refractivity contribution < 1.29 is 14.7 Å². The number of aryl methyl sites for hydroxylation is 1. The van der Waals surface area contributed by atoms with Crippen LogP contribution in [-0.4, -0.2) is 101 Å². The zero-order valence-electron chi connectivity index (χ0n) is 25.1. The van der Waals surface area contributed by atoms with Crippen molar-refractivity contribution in [1.82, 2.24) is 24.6 Å². The minimum absolute atomic E-state index is 0.0109. The lowest BCUT2D eigenvalue weighted by molar-refractivity contribution is -0.128. The van der Waals surface area contributed by atoms with Crippen LogP contribution in [0, 0.1) is 6.92 Å². The Morgan fingerprint density at radius 2 is 1.78 bits per heavy atom. The lowest BCUT2D eigenvalue weighted by Gasteiger charge is -2.44. The Kier molecular flexibility index (Phi) is 8.99. The number of hydrogen-bond acceptors (Lipinski definition) is 7. The molecule has 220 valence electrons. The summed E-state index contributed by atoms with van der Waals surface area (Å²) in [5.41, 5.74) is 3.83. The number of anilines is 1. The SMILES string of the molecule is Cc1cc(-c2ccc(N(C=O)/C=C\N(C)C)c(Cl)c2)c(O)c(C2C=C(N3CCN(C(C)(C)C)CC3)C(=O)N(C)C2)n1. The second-order valence-corrected chi connectivity index (χ2v) is 12.4. The highest BCUT2D eigenvalue weighted by Gasteiger charge is 2.34. The Morgan fingerprint density at radius 3 is 2.37 bits per heavy atom. The van der Waals surface area contributed by atoms with Gasteiger partial charge in [0.15, 0.2) is 0 Å². The molecule has 1 saturated heterocycles. The number of hydrogen-bond donors (Lipinski definition) is 1. The molecular weight excluding hydrogens is 540 g/mol. The van der Waals surface area contributed by atoms with Gasteiger partial charge in [-0.3, -0.25) is 24.4 Å². The maximum absolute atomic E-state index is 13.2. The van der Waals surface area contributed by atoms with Gasteiger partial charge in [0.25, 0.3) is 5.91 Å². The Labute approximate surface area is 248 Å². The van der Waals surface area contributed by atoms with Gasteiger partial charge in [0, 0.05) is 89.0 Å². The standard InChI is InChI=1S/C31H41ClN6O3/c1-21-16-24(22-8-9-26(25(32)17-22)37(20-39)11-10-34(5)6)29(40)28(33-21)23-18-27(30(41)35(7)19-23)36-12-14-38(15-13-36)31(2,3)4/h8-11,16-18,20,23,40H,12-15,19H2,1-7H3/b11-10-. The molecule has 2 aliphatic rings. The summed E-state index contributed by atoms with van der Waals surface area (Å²) in [6.07, 6.45) is 6.05. The van der Waals surface area contributed by atoms with Gasteiger partial charge in [-0.15, -0.1) is 0 Å². The summed E-state index contributed by atoms with van der Waals surface area (Å²) < 4.78 is 0. The molecule has 0 saturated carbocycles. The third-order valence-electron chi connectivity index (χ3n) is 7.64. The molecular formula is C31H41ClN6O3. The molecule has 2 aromatic rings. The number of pyridine rings is 1. The number of nitrogens with zero attached hydrogens (tertiary/aromatic N) is 6. The van der Waals surface area contributed by atoms with Crippen LogP contribution >= 0.6 is 11.6 Å². The predicted octanol–water partition coefficient (Wildman–Crippen LogP) is 4.27. The van der Waals surface area contributed by atoms with E-state index in [-0.39, 0.29) is 23.1 Å². The number of benzene rings is 1. The van der Waals surface area contributed by atoms with E-state index in [2.05, 4.69) is 30.6 Å². The number of likely N-dealkylation sites (N-methyl/N-ethyl adjacent to an activating group) is 1. The second kappa shape index (κ2) is 12.1. The number of aromatic nitrogens is 1. The molecule has 1 aromatic carbocycles. The van der Waals surface area contributed by atoms with E-state index in [0.717, 1.165) is 31.9 Å². The van der Waals surface area contributed by atoms with Gasteiger partial charge >= 0.3 is 0 Å². The van der Waals surface area contributed by atoms with E-state index < -0.39 is 0 Å². The Morgan fingerprint density at radius 1 is 1.10 bits per heavy atom.